The Morgan fingerprint density at radius 1 is 1.15 bits per heavy atom. The molecule has 3 aromatic rings. The van der Waals surface area contributed by atoms with Crippen molar-refractivity contribution >= 4 is 11.8 Å². The van der Waals surface area contributed by atoms with Crippen molar-refractivity contribution in [2.75, 3.05) is 12.9 Å². The van der Waals surface area contributed by atoms with Gasteiger partial charge in [0, 0.05) is 23.4 Å². The maximum Gasteiger partial charge on any atom is 0.196 e. The number of rotatable bonds is 7. The third kappa shape index (κ3) is 4.06. The highest BCUT2D eigenvalue weighted by atomic mass is 32.2. The molecule has 5 nitrogen and oxygen atoms in total. The van der Waals surface area contributed by atoms with E-state index < -0.39 is 0 Å². The summed E-state index contributed by atoms with van der Waals surface area (Å²) >= 11 is 1.62. The molecule has 1 heterocycles. The number of hydrogen-bond acceptors (Lipinski definition) is 5. The molecule has 2 aromatic carbocycles. The van der Waals surface area contributed by atoms with E-state index in [1.54, 1.807) is 18.9 Å². The summed E-state index contributed by atoms with van der Waals surface area (Å²) in [6.45, 7) is 2.06. The van der Waals surface area contributed by atoms with Crippen molar-refractivity contribution in [1.29, 1.82) is 5.26 Å². The van der Waals surface area contributed by atoms with Gasteiger partial charge in [-0.05, 0) is 43.7 Å². The molecule has 6 heteroatoms. The number of aromatic nitrogens is 3. The summed E-state index contributed by atoms with van der Waals surface area (Å²) < 4.78 is 7.32. The first-order chi connectivity index (χ1) is 12.7. The molecule has 0 aliphatic rings. The third-order valence-electron chi connectivity index (χ3n) is 3.90. The van der Waals surface area contributed by atoms with Crippen LogP contribution in [0.2, 0.25) is 0 Å². The summed E-state index contributed by atoms with van der Waals surface area (Å²) in [5.74, 6) is 2.44. The number of nitrogens with zero attached hydrogens (tertiary/aromatic N) is 4. The predicted octanol–water partition coefficient (Wildman–Crippen LogP) is 4.65. The van der Waals surface area contributed by atoms with Crippen molar-refractivity contribution in [3.05, 3.63) is 54.1 Å². The van der Waals surface area contributed by atoms with Gasteiger partial charge in [0.2, 0.25) is 0 Å². The second-order valence-corrected chi connectivity index (χ2v) is 6.88. The van der Waals surface area contributed by atoms with Crippen LogP contribution in [0.3, 0.4) is 0 Å². The molecule has 0 saturated heterocycles. The summed E-state index contributed by atoms with van der Waals surface area (Å²) in [6, 6.07) is 18.3. The Kier molecular flexibility index (Phi) is 5.92. The second-order valence-electron chi connectivity index (χ2n) is 5.82. The molecule has 0 N–H and O–H groups in total. The first kappa shape index (κ1) is 18.0. The van der Waals surface area contributed by atoms with Crippen LogP contribution in [0.5, 0.6) is 5.75 Å². The van der Waals surface area contributed by atoms with Gasteiger partial charge in [-0.1, -0.05) is 35.5 Å². The number of methoxy groups -OCH3 is 1. The number of unbranched alkanes of at least 4 members (excludes halogenated alkanes) is 1. The first-order valence-electron chi connectivity index (χ1n) is 8.39. The van der Waals surface area contributed by atoms with Crippen LogP contribution in [0.1, 0.15) is 18.4 Å². The first-order valence-corrected chi connectivity index (χ1v) is 9.38. The Bertz CT molecular complexity index is 912. The molecule has 26 heavy (non-hydrogen) atoms. The van der Waals surface area contributed by atoms with Gasteiger partial charge in [0.05, 0.1) is 13.2 Å². The Hall–Kier alpha value is -2.78. The molecule has 0 radical (unpaired) electrons. The highest BCUT2D eigenvalue weighted by Crippen LogP contribution is 2.29. The van der Waals surface area contributed by atoms with E-state index in [1.165, 1.54) is 5.56 Å². The zero-order chi connectivity index (χ0) is 18.4. The monoisotopic (exact) mass is 364 g/mol. The fourth-order valence-electron chi connectivity index (χ4n) is 2.61. The van der Waals surface area contributed by atoms with E-state index in [-0.39, 0.29) is 0 Å². The van der Waals surface area contributed by atoms with Gasteiger partial charge in [0.15, 0.2) is 11.0 Å². The number of hydrogen-bond donors (Lipinski definition) is 0. The van der Waals surface area contributed by atoms with E-state index in [0.29, 0.717) is 6.42 Å². The van der Waals surface area contributed by atoms with Crippen molar-refractivity contribution in [2.45, 2.75) is 24.9 Å². The molecular formula is C20H20N4OS. The lowest BCUT2D eigenvalue weighted by molar-refractivity contribution is 0.414. The van der Waals surface area contributed by atoms with Crippen molar-refractivity contribution < 1.29 is 4.74 Å². The molecule has 0 bridgehead atoms. The van der Waals surface area contributed by atoms with Crippen LogP contribution in [0, 0.1) is 18.3 Å². The fourth-order valence-corrected chi connectivity index (χ4v) is 3.50. The lowest BCUT2D eigenvalue weighted by Crippen LogP contribution is -2.00. The van der Waals surface area contributed by atoms with Crippen LogP contribution in [-0.2, 0) is 0 Å². The Morgan fingerprint density at radius 3 is 2.65 bits per heavy atom. The molecule has 1 aromatic heterocycles. The molecule has 0 atom stereocenters. The van der Waals surface area contributed by atoms with Gasteiger partial charge in [-0.2, -0.15) is 5.26 Å². The maximum absolute atomic E-state index is 8.72. The number of benzene rings is 2. The Labute approximate surface area is 157 Å². The van der Waals surface area contributed by atoms with Gasteiger partial charge in [0.25, 0.3) is 0 Å². The molecule has 0 unspecified atom stereocenters. The largest absolute Gasteiger partial charge is 0.497 e. The molecule has 3 rings (SSSR count). The van der Waals surface area contributed by atoms with Crippen LogP contribution in [0.15, 0.2) is 53.7 Å². The van der Waals surface area contributed by atoms with Gasteiger partial charge >= 0.3 is 0 Å². The molecule has 0 fully saturated rings. The van der Waals surface area contributed by atoms with Crippen molar-refractivity contribution in [2.24, 2.45) is 0 Å². The topological polar surface area (TPSA) is 63.7 Å². The molecule has 0 aliphatic heterocycles. The SMILES string of the molecule is COc1ccc(-n2c(SCCCC#N)nnc2-c2cccc(C)c2)cc1. The minimum atomic E-state index is 0.550. The highest BCUT2D eigenvalue weighted by Gasteiger charge is 2.16. The van der Waals surface area contributed by atoms with E-state index >= 15 is 0 Å². The lowest BCUT2D eigenvalue weighted by Gasteiger charge is -2.11. The van der Waals surface area contributed by atoms with Crippen LogP contribution < -0.4 is 4.74 Å². The van der Waals surface area contributed by atoms with E-state index in [4.69, 9.17) is 10.00 Å². The number of aryl methyl sites for hydroxylation is 1. The van der Waals surface area contributed by atoms with Gasteiger partial charge in [-0.15, -0.1) is 10.2 Å². The summed E-state index contributed by atoms with van der Waals surface area (Å²) in [6.07, 6.45) is 1.38. The lowest BCUT2D eigenvalue weighted by atomic mass is 10.1. The standard InChI is InChI=1S/C20H20N4OS/c1-15-6-5-7-16(14-15)19-22-23-20(26-13-4-3-12-21)24(19)17-8-10-18(25-2)11-9-17/h5-11,14H,3-4,13H2,1-2H3. The molecule has 132 valence electrons. The van der Waals surface area contributed by atoms with E-state index in [1.807, 2.05) is 36.4 Å². The van der Waals surface area contributed by atoms with Crippen molar-refractivity contribution in [3.63, 3.8) is 0 Å². The fraction of sp³-hybridized carbons (Fsp3) is 0.250. The van der Waals surface area contributed by atoms with Gasteiger partial charge in [-0.25, -0.2) is 0 Å². The predicted molar refractivity (Wildman–Crippen MR) is 104 cm³/mol. The van der Waals surface area contributed by atoms with Gasteiger partial charge in [0.1, 0.15) is 5.75 Å². The number of thioether (sulfide) groups is 1. The molecule has 0 amide bonds. The quantitative estimate of drug-likeness (QED) is 0.451. The Morgan fingerprint density at radius 2 is 1.96 bits per heavy atom. The van der Waals surface area contributed by atoms with Crippen molar-refractivity contribution in [1.82, 2.24) is 14.8 Å². The molecule has 0 aliphatic carbocycles. The molecule has 0 spiro atoms. The normalized spacial score (nSPS) is 10.5. The number of nitriles is 1. The summed E-state index contributed by atoms with van der Waals surface area (Å²) in [5.41, 5.74) is 3.18. The van der Waals surface area contributed by atoms with Gasteiger partial charge < -0.3 is 4.74 Å². The Balaban J connectivity index is 2.01. The maximum atomic E-state index is 8.72. The smallest absolute Gasteiger partial charge is 0.196 e. The minimum Gasteiger partial charge on any atom is -0.497 e. The van der Waals surface area contributed by atoms with Crippen LogP contribution in [0.25, 0.3) is 17.1 Å². The highest BCUT2D eigenvalue weighted by molar-refractivity contribution is 7.99. The van der Waals surface area contributed by atoms with Crippen LogP contribution >= 0.6 is 11.8 Å². The number of ether oxygens (including phenoxy) is 1. The molecular weight excluding hydrogens is 344 g/mol. The van der Waals surface area contributed by atoms with Gasteiger partial charge in [-0.3, -0.25) is 4.57 Å². The molecule has 0 saturated carbocycles. The summed E-state index contributed by atoms with van der Waals surface area (Å²) in [5, 5.41) is 18.4. The van der Waals surface area contributed by atoms with Crippen molar-refractivity contribution in [3.8, 4) is 28.9 Å². The van der Waals surface area contributed by atoms with E-state index in [2.05, 4.69) is 39.9 Å². The van der Waals surface area contributed by atoms with E-state index in [0.717, 1.165) is 40.2 Å². The summed E-state index contributed by atoms with van der Waals surface area (Å²) in [7, 11) is 1.66. The van der Waals surface area contributed by atoms with E-state index in [9.17, 15) is 0 Å². The summed E-state index contributed by atoms with van der Waals surface area (Å²) in [4.78, 5) is 0. The van der Waals surface area contributed by atoms with Crippen LogP contribution in [-0.4, -0.2) is 27.6 Å². The zero-order valence-electron chi connectivity index (χ0n) is 14.8. The average molecular weight is 364 g/mol. The second kappa shape index (κ2) is 8.54. The minimum absolute atomic E-state index is 0.550. The third-order valence-corrected chi connectivity index (χ3v) is 4.92. The zero-order valence-corrected chi connectivity index (χ0v) is 15.7. The van der Waals surface area contributed by atoms with Crippen LogP contribution in [0.4, 0.5) is 0 Å². The average Bonchev–Trinajstić information content (AvgIpc) is 3.09.